The van der Waals surface area contributed by atoms with E-state index in [4.69, 9.17) is 0 Å². The number of nitrogens with zero attached hydrogens (tertiary/aromatic N) is 1. The molecule has 1 heterocycles. The van der Waals surface area contributed by atoms with Crippen LogP contribution in [-0.4, -0.2) is 31.2 Å². The van der Waals surface area contributed by atoms with Crippen LogP contribution in [0.2, 0.25) is 0 Å². The predicted octanol–water partition coefficient (Wildman–Crippen LogP) is 2.53. The summed E-state index contributed by atoms with van der Waals surface area (Å²) in [6, 6.07) is 0. The van der Waals surface area contributed by atoms with Gasteiger partial charge >= 0.3 is 6.18 Å². The van der Waals surface area contributed by atoms with E-state index in [0.717, 1.165) is 19.5 Å². The van der Waals surface area contributed by atoms with E-state index in [1.165, 1.54) is 0 Å². The van der Waals surface area contributed by atoms with Gasteiger partial charge in [0, 0.05) is 13.0 Å². The van der Waals surface area contributed by atoms with Crippen LogP contribution in [0.15, 0.2) is 0 Å². The van der Waals surface area contributed by atoms with Gasteiger partial charge in [-0.05, 0) is 31.8 Å². The molecule has 0 amide bonds. The zero-order valence-corrected chi connectivity index (χ0v) is 8.06. The summed E-state index contributed by atoms with van der Waals surface area (Å²) >= 11 is 0. The molecule has 1 nitrogen and oxygen atoms in total. The van der Waals surface area contributed by atoms with Crippen LogP contribution in [0.4, 0.5) is 13.2 Å². The van der Waals surface area contributed by atoms with E-state index in [1.807, 2.05) is 7.05 Å². The quantitative estimate of drug-likeness (QED) is 0.654. The van der Waals surface area contributed by atoms with Crippen LogP contribution in [0.5, 0.6) is 0 Å². The van der Waals surface area contributed by atoms with Crippen molar-refractivity contribution in [3.8, 4) is 0 Å². The lowest BCUT2D eigenvalue weighted by atomic mass is 9.90. The minimum absolute atomic E-state index is 0.228. The minimum atomic E-state index is -4.00. The van der Waals surface area contributed by atoms with Gasteiger partial charge in [0.15, 0.2) is 0 Å². The van der Waals surface area contributed by atoms with Gasteiger partial charge in [0.2, 0.25) is 0 Å². The normalized spacial score (nSPS) is 27.9. The molecule has 1 aliphatic heterocycles. The smallest absolute Gasteiger partial charge is 0.306 e. The summed E-state index contributed by atoms with van der Waals surface area (Å²) in [6.45, 7) is 3.46. The Morgan fingerprint density at radius 1 is 1.46 bits per heavy atom. The topological polar surface area (TPSA) is 3.24 Å². The van der Waals surface area contributed by atoms with Gasteiger partial charge in [-0.3, -0.25) is 0 Å². The van der Waals surface area contributed by atoms with Crippen molar-refractivity contribution in [2.45, 2.75) is 25.9 Å². The van der Waals surface area contributed by atoms with Gasteiger partial charge < -0.3 is 4.90 Å². The van der Waals surface area contributed by atoms with Crippen LogP contribution < -0.4 is 0 Å². The highest BCUT2D eigenvalue weighted by atomic mass is 19.4. The van der Waals surface area contributed by atoms with E-state index in [2.05, 4.69) is 4.90 Å². The monoisotopic (exact) mass is 195 g/mol. The first-order chi connectivity index (χ1) is 5.88. The number of halogens is 3. The molecule has 1 aliphatic rings. The minimum Gasteiger partial charge on any atom is -0.306 e. The van der Waals surface area contributed by atoms with Gasteiger partial charge in [-0.15, -0.1) is 0 Å². The van der Waals surface area contributed by atoms with Gasteiger partial charge in [-0.25, -0.2) is 0 Å². The van der Waals surface area contributed by atoms with Crippen LogP contribution in [0.3, 0.4) is 0 Å². The standard InChI is InChI=1S/C9H16F3N/c1-7(5-9(10,11)12)8-3-4-13(2)6-8/h7-8H,3-6H2,1-2H3. The molecule has 0 aliphatic carbocycles. The zero-order valence-electron chi connectivity index (χ0n) is 8.06. The Hall–Kier alpha value is -0.250. The number of hydrogen-bond acceptors (Lipinski definition) is 1. The average molecular weight is 195 g/mol. The van der Waals surface area contributed by atoms with E-state index >= 15 is 0 Å². The summed E-state index contributed by atoms with van der Waals surface area (Å²) in [5.41, 5.74) is 0. The molecule has 13 heavy (non-hydrogen) atoms. The number of likely N-dealkylation sites (tertiary alicyclic amines) is 1. The third-order valence-corrected chi connectivity index (χ3v) is 2.79. The lowest BCUT2D eigenvalue weighted by Crippen LogP contribution is -2.22. The summed E-state index contributed by atoms with van der Waals surface area (Å²) in [5, 5.41) is 0. The van der Waals surface area contributed by atoms with Gasteiger partial charge in [0.25, 0.3) is 0 Å². The molecule has 78 valence electrons. The maximum absolute atomic E-state index is 12.0. The summed E-state index contributed by atoms with van der Waals surface area (Å²) in [4.78, 5) is 2.09. The third-order valence-electron chi connectivity index (χ3n) is 2.79. The maximum atomic E-state index is 12.0. The van der Waals surface area contributed by atoms with Gasteiger partial charge in [0.1, 0.15) is 0 Å². The van der Waals surface area contributed by atoms with Crippen molar-refractivity contribution in [3.05, 3.63) is 0 Å². The van der Waals surface area contributed by atoms with Crippen molar-refractivity contribution >= 4 is 0 Å². The summed E-state index contributed by atoms with van der Waals surface area (Å²) in [5.74, 6) is -0.00317. The van der Waals surface area contributed by atoms with Crippen molar-refractivity contribution in [1.29, 1.82) is 0 Å². The Morgan fingerprint density at radius 2 is 2.08 bits per heavy atom. The molecular formula is C9H16F3N. The first kappa shape index (κ1) is 10.8. The lowest BCUT2D eigenvalue weighted by Gasteiger charge is -2.20. The second kappa shape index (κ2) is 3.86. The fraction of sp³-hybridized carbons (Fsp3) is 1.00. The number of hydrogen-bond donors (Lipinski definition) is 0. The van der Waals surface area contributed by atoms with Crippen molar-refractivity contribution in [1.82, 2.24) is 4.90 Å². The second-order valence-electron chi connectivity index (χ2n) is 4.11. The lowest BCUT2D eigenvalue weighted by molar-refractivity contribution is -0.146. The average Bonchev–Trinajstić information content (AvgIpc) is 2.31. The molecule has 4 heteroatoms. The molecule has 1 rings (SSSR count). The van der Waals surface area contributed by atoms with Crippen molar-refractivity contribution in [3.63, 3.8) is 0 Å². The molecule has 0 aromatic rings. The molecule has 2 atom stereocenters. The Morgan fingerprint density at radius 3 is 2.46 bits per heavy atom. The van der Waals surface area contributed by atoms with Crippen molar-refractivity contribution in [2.24, 2.45) is 11.8 Å². The largest absolute Gasteiger partial charge is 0.389 e. The number of alkyl halides is 3. The maximum Gasteiger partial charge on any atom is 0.389 e. The van der Waals surface area contributed by atoms with E-state index in [-0.39, 0.29) is 11.8 Å². The fourth-order valence-corrected chi connectivity index (χ4v) is 1.97. The third kappa shape index (κ3) is 3.55. The molecule has 1 saturated heterocycles. The Bertz CT molecular complexity index is 167. The molecule has 0 radical (unpaired) electrons. The molecular weight excluding hydrogens is 179 g/mol. The molecule has 0 aromatic carbocycles. The Labute approximate surface area is 76.9 Å². The first-order valence-corrected chi connectivity index (χ1v) is 4.64. The summed E-state index contributed by atoms with van der Waals surface area (Å²) < 4.78 is 36.1. The highest BCUT2D eigenvalue weighted by molar-refractivity contribution is 4.78. The molecule has 0 saturated carbocycles. The highest BCUT2D eigenvalue weighted by Crippen LogP contribution is 2.32. The number of rotatable bonds is 2. The van der Waals surface area contributed by atoms with E-state index in [9.17, 15) is 13.2 Å². The van der Waals surface area contributed by atoms with Crippen molar-refractivity contribution < 1.29 is 13.2 Å². The summed E-state index contributed by atoms with van der Waals surface area (Å²) in [6.07, 6.45) is -3.72. The van der Waals surface area contributed by atoms with Crippen molar-refractivity contribution in [2.75, 3.05) is 20.1 Å². The summed E-state index contributed by atoms with van der Waals surface area (Å²) in [7, 11) is 1.96. The van der Waals surface area contributed by atoms with Gasteiger partial charge in [-0.2, -0.15) is 13.2 Å². The predicted molar refractivity (Wildman–Crippen MR) is 45.4 cm³/mol. The van der Waals surface area contributed by atoms with E-state index in [1.54, 1.807) is 6.92 Å². The van der Waals surface area contributed by atoms with E-state index in [0.29, 0.717) is 0 Å². The zero-order chi connectivity index (χ0) is 10.1. The van der Waals surface area contributed by atoms with Gasteiger partial charge in [-0.1, -0.05) is 6.92 Å². The first-order valence-electron chi connectivity index (χ1n) is 4.64. The van der Waals surface area contributed by atoms with Crippen LogP contribution in [0, 0.1) is 11.8 Å². The highest BCUT2D eigenvalue weighted by Gasteiger charge is 2.35. The second-order valence-corrected chi connectivity index (χ2v) is 4.11. The Kier molecular flexibility index (Phi) is 3.22. The molecule has 2 unspecified atom stereocenters. The molecule has 0 aromatic heterocycles. The van der Waals surface area contributed by atoms with Crippen LogP contribution in [0.25, 0.3) is 0 Å². The van der Waals surface area contributed by atoms with E-state index < -0.39 is 12.6 Å². The molecule has 0 N–H and O–H groups in total. The van der Waals surface area contributed by atoms with Gasteiger partial charge in [0.05, 0.1) is 0 Å². The molecule has 0 spiro atoms. The van der Waals surface area contributed by atoms with Crippen LogP contribution >= 0.6 is 0 Å². The Balaban J connectivity index is 2.36. The SMILES string of the molecule is CC(CC(F)(F)F)C1CCN(C)C1. The van der Waals surface area contributed by atoms with Crippen LogP contribution in [0.1, 0.15) is 19.8 Å². The molecule has 0 bridgehead atoms. The molecule has 1 fully saturated rings. The fourth-order valence-electron chi connectivity index (χ4n) is 1.97. The van der Waals surface area contributed by atoms with Crippen LogP contribution in [-0.2, 0) is 0 Å².